The lowest BCUT2D eigenvalue weighted by Crippen LogP contribution is -2.37. The predicted octanol–water partition coefficient (Wildman–Crippen LogP) is 2.81. The molecule has 0 bridgehead atoms. The number of halogens is 2. The van der Waals surface area contributed by atoms with E-state index >= 15 is 0 Å². The van der Waals surface area contributed by atoms with Gasteiger partial charge in [-0.15, -0.1) is 0 Å². The molecule has 104 valence electrons. The van der Waals surface area contributed by atoms with Crippen molar-refractivity contribution in [2.75, 3.05) is 27.2 Å². The van der Waals surface area contributed by atoms with Gasteiger partial charge in [-0.2, -0.15) is 0 Å². The van der Waals surface area contributed by atoms with Crippen LogP contribution in [0, 0.1) is 5.82 Å². The monoisotopic (exact) mass is 328 g/mol. The highest BCUT2D eigenvalue weighted by Gasteiger charge is 2.30. The van der Waals surface area contributed by atoms with Crippen LogP contribution in [0.5, 0.6) is 0 Å². The second-order valence-corrected chi connectivity index (χ2v) is 6.10. The Kier molecular flexibility index (Phi) is 4.58. The van der Waals surface area contributed by atoms with Crippen LogP contribution in [0.2, 0.25) is 0 Å². The van der Waals surface area contributed by atoms with Gasteiger partial charge in [0.25, 0.3) is 0 Å². The first kappa shape index (κ1) is 14.5. The summed E-state index contributed by atoms with van der Waals surface area (Å²) in [6, 6.07) is 4.86. The van der Waals surface area contributed by atoms with Gasteiger partial charge in [0.15, 0.2) is 0 Å². The molecule has 5 heteroatoms. The Hall–Kier alpha value is -0.940. The summed E-state index contributed by atoms with van der Waals surface area (Å²) in [5.41, 5.74) is 0.872. The average molecular weight is 329 g/mol. The maximum atomic E-state index is 13.5. The zero-order valence-corrected chi connectivity index (χ0v) is 12.8. The van der Waals surface area contributed by atoms with E-state index in [1.54, 1.807) is 0 Å². The lowest BCUT2D eigenvalue weighted by molar-refractivity contribution is -0.132. The van der Waals surface area contributed by atoms with Crippen LogP contribution in [0.3, 0.4) is 0 Å². The highest BCUT2D eigenvalue weighted by Crippen LogP contribution is 2.33. The van der Waals surface area contributed by atoms with E-state index in [2.05, 4.69) is 15.9 Å². The second kappa shape index (κ2) is 6.01. The molecule has 1 heterocycles. The molecule has 1 aromatic rings. The lowest BCUT2D eigenvalue weighted by atomic mass is 10.0. The molecule has 0 radical (unpaired) electrons. The quantitative estimate of drug-likeness (QED) is 0.851. The molecule has 2 rings (SSSR count). The Morgan fingerprint density at radius 2 is 2.21 bits per heavy atom. The van der Waals surface area contributed by atoms with E-state index in [1.165, 1.54) is 12.1 Å². The summed E-state index contributed by atoms with van der Waals surface area (Å²) in [6.45, 7) is 1.15. The Balaban J connectivity index is 2.20. The number of amides is 1. The summed E-state index contributed by atoms with van der Waals surface area (Å²) in [5, 5.41) is 0. The van der Waals surface area contributed by atoms with Crippen molar-refractivity contribution in [3.05, 3.63) is 34.1 Å². The van der Waals surface area contributed by atoms with Crippen molar-refractivity contribution >= 4 is 21.8 Å². The summed E-state index contributed by atoms with van der Waals surface area (Å²) in [4.78, 5) is 15.9. The molecule has 0 spiro atoms. The molecule has 19 heavy (non-hydrogen) atoms. The summed E-state index contributed by atoms with van der Waals surface area (Å²) in [7, 11) is 3.75. The van der Waals surface area contributed by atoms with Crippen LogP contribution in [-0.4, -0.2) is 42.9 Å². The number of rotatable bonds is 3. The molecule has 1 amide bonds. The highest BCUT2D eigenvalue weighted by atomic mass is 79.9. The third-order valence-electron chi connectivity index (χ3n) is 3.29. The van der Waals surface area contributed by atoms with E-state index in [9.17, 15) is 9.18 Å². The first-order valence-electron chi connectivity index (χ1n) is 6.37. The fourth-order valence-electron chi connectivity index (χ4n) is 2.54. The molecule has 0 aliphatic carbocycles. The lowest BCUT2D eigenvalue weighted by Gasteiger charge is -2.26. The van der Waals surface area contributed by atoms with Gasteiger partial charge in [0.1, 0.15) is 5.82 Å². The van der Waals surface area contributed by atoms with Gasteiger partial charge < -0.3 is 9.80 Å². The minimum absolute atomic E-state index is 0.000509. The molecule has 1 fully saturated rings. The molecule has 0 unspecified atom stereocenters. The molecule has 1 aromatic carbocycles. The van der Waals surface area contributed by atoms with E-state index in [0.717, 1.165) is 29.4 Å². The van der Waals surface area contributed by atoms with Crippen LogP contribution in [0.15, 0.2) is 22.7 Å². The zero-order valence-electron chi connectivity index (χ0n) is 11.2. The number of carbonyl (C=O) groups excluding carboxylic acids is 1. The molecule has 3 nitrogen and oxygen atoms in total. The van der Waals surface area contributed by atoms with Crippen LogP contribution >= 0.6 is 15.9 Å². The molecule has 0 N–H and O–H groups in total. The SMILES string of the molecule is CN(C)CC(=O)N1CCC[C@@H]1c1cc(F)cc(Br)c1. The average Bonchev–Trinajstić information content (AvgIpc) is 2.75. The normalized spacial score (nSPS) is 19.2. The summed E-state index contributed by atoms with van der Waals surface area (Å²) >= 11 is 3.31. The Labute approximate surface area is 121 Å². The standard InChI is InChI=1S/C14H18BrFN2O/c1-17(2)9-14(19)18-5-3-4-13(18)10-6-11(15)8-12(16)7-10/h6-8,13H,3-5,9H2,1-2H3/t13-/m1/s1. The molecule has 1 atom stereocenters. The molecule has 1 saturated heterocycles. The number of likely N-dealkylation sites (tertiary alicyclic amines) is 1. The van der Waals surface area contributed by atoms with Gasteiger partial charge in [0.05, 0.1) is 12.6 Å². The van der Waals surface area contributed by atoms with Gasteiger partial charge in [-0.3, -0.25) is 4.79 Å². The third kappa shape index (κ3) is 3.54. The van der Waals surface area contributed by atoms with E-state index < -0.39 is 0 Å². The highest BCUT2D eigenvalue weighted by molar-refractivity contribution is 9.10. The van der Waals surface area contributed by atoms with Gasteiger partial charge in [0, 0.05) is 11.0 Å². The summed E-state index contributed by atoms with van der Waals surface area (Å²) in [6.07, 6.45) is 1.87. The fraction of sp³-hybridized carbons (Fsp3) is 0.500. The Morgan fingerprint density at radius 1 is 1.47 bits per heavy atom. The van der Waals surface area contributed by atoms with Crippen molar-refractivity contribution in [3.63, 3.8) is 0 Å². The second-order valence-electron chi connectivity index (χ2n) is 5.19. The Bertz CT molecular complexity index is 458. The minimum atomic E-state index is -0.267. The number of carbonyl (C=O) groups is 1. The molecule has 1 aliphatic heterocycles. The van der Waals surface area contributed by atoms with Gasteiger partial charge in [0.2, 0.25) is 5.91 Å². The zero-order chi connectivity index (χ0) is 14.0. The van der Waals surface area contributed by atoms with Crippen LogP contribution in [0.25, 0.3) is 0 Å². The van der Waals surface area contributed by atoms with Crippen LogP contribution in [-0.2, 0) is 4.79 Å². The maximum absolute atomic E-state index is 13.5. The molecular formula is C14H18BrFN2O. The third-order valence-corrected chi connectivity index (χ3v) is 3.75. The Morgan fingerprint density at radius 3 is 2.84 bits per heavy atom. The first-order valence-corrected chi connectivity index (χ1v) is 7.17. The van der Waals surface area contributed by atoms with Crippen molar-refractivity contribution in [1.29, 1.82) is 0 Å². The topological polar surface area (TPSA) is 23.6 Å². The maximum Gasteiger partial charge on any atom is 0.237 e. The predicted molar refractivity (Wildman–Crippen MR) is 76.3 cm³/mol. The van der Waals surface area contributed by atoms with Crippen LogP contribution in [0.4, 0.5) is 4.39 Å². The van der Waals surface area contributed by atoms with Crippen molar-refractivity contribution < 1.29 is 9.18 Å². The molecular weight excluding hydrogens is 311 g/mol. The van der Waals surface area contributed by atoms with Gasteiger partial charge in [-0.05, 0) is 50.7 Å². The summed E-state index contributed by atoms with van der Waals surface area (Å²) < 4.78 is 14.2. The smallest absolute Gasteiger partial charge is 0.237 e. The molecule has 1 aliphatic rings. The molecule has 0 saturated carbocycles. The van der Waals surface area contributed by atoms with E-state index in [-0.39, 0.29) is 17.8 Å². The van der Waals surface area contributed by atoms with Crippen molar-refractivity contribution in [2.24, 2.45) is 0 Å². The van der Waals surface area contributed by atoms with Gasteiger partial charge in [-0.1, -0.05) is 15.9 Å². The van der Waals surface area contributed by atoms with Crippen LogP contribution in [0.1, 0.15) is 24.4 Å². The van der Waals surface area contributed by atoms with Gasteiger partial charge >= 0.3 is 0 Å². The number of hydrogen-bond acceptors (Lipinski definition) is 2. The largest absolute Gasteiger partial charge is 0.335 e. The number of likely N-dealkylation sites (N-methyl/N-ethyl adjacent to an activating group) is 1. The van der Waals surface area contributed by atoms with Gasteiger partial charge in [-0.25, -0.2) is 4.39 Å². The van der Waals surface area contributed by atoms with Crippen molar-refractivity contribution in [3.8, 4) is 0 Å². The first-order chi connectivity index (χ1) is 8.97. The van der Waals surface area contributed by atoms with Crippen molar-refractivity contribution in [1.82, 2.24) is 9.80 Å². The molecule has 0 aromatic heterocycles. The van der Waals surface area contributed by atoms with E-state index in [0.29, 0.717) is 6.54 Å². The van der Waals surface area contributed by atoms with E-state index in [1.807, 2.05) is 30.0 Å². The van der Waals surface area contributed by atoms with E-state index in [4.69, 9.17) is 0 Å². The fourth-order valence-corrected chi connectivity index (χ4v) is 3.02. The summed E-state index contributed by atoms with van der Waals surface area (Å²) in [5.74, 6) is -0.163. The van der Waals surface area contributed by atoms with Crippen LogP contribution < -0.4 is 0 Å². The van der Waals surface area contributed by atoms with Crippen molar-refractivity contribution in [2.45, 2.75) is 18.9 Å². The number of nitrogens with zero attached hydrogens (tertiary/aromatic N) is 2. The minimum Gasteiger partial charge on any atom is -0.335 e. The number of hydrogen-bond donors (Lipinski definition) is 0. The number of benzene rings is 1.